The van der Waals surface area contributed by atoms with E-state index < -0.39 is 0 Å². The number of rotatable bonds is 6. The van der Waals surface area contributed by atoms with Crippen LogP contribution in [-0.2, 0) is 20.1 Å². The molecule has 0 spiro atoms. The molecule has 0 aromatic carbocycles. The van der Waals surface area contributed by atoms with Crippen molar-refractivity contribution in [1.29, 1.82) is 0 Å². The molecule has 2 heterocycles. The maximum absolute atomic E-state index is 4.14. The third kappa shape index (κ3) is 3.71. The smallest absolute Gasteiger partial charge is 0.0946 e. The molecule has 2 aromatic rings. The van der Waals surface area contributed by atoms with Crippen molar-refractivity contribution in [3.8, 4) is 0 Å². The zero-order valence-corrected chi connectivity index (χ0v) is 10.4. The molecule has 0 aliphatic rings. The lowest BCUT2D eigenvalue weighted by atomic mass is 10.2. The van der Waals surface area contributed by atoms with Gasteiger partial charge in [-0.05, 0) is 12.5 Å². The largest absolute Gasteiger partial charge is 0.337 e. The Balaban J connectivity index is 1.68. The van der Waals surface area contributed by atoms with Gasteiger partial charge in [0.15, 0.2) is 0 Å². The minimum atomic E-state index is 0.584. The first-order valence-corrected chi connectivity index (χ1v) is 5.88. The lowest BCUT2D eigenvalue weighted by molar-refractivity contribution is 0.445. The zero-order valence-electron chi connectivity index (χ0n) is 10.4. The highest BCUT2D eigenvalue weighted by Crippen LogP contribution is 2.00. The second-order valence-corrected chi connectivity index (χ2v) is 4.52. The van der Waals surface area contributed by atoms with Crippen LogP contribution >= 0.6 is 0 Å². The van der Waals surface area contributed by atoms with Crippen LogP contribution in [0.1, 0.15) is 12.5 Å². The fraction of sp³-hybridized carbons (Fsp3) is 0.500. The van der Waals surface area contributed by atoms with Gasteiger partial charge in [0.1, 0.15) is 0 Å². The van der Waals surface area contributed by atoms with Crippen molar-refractivity contribution in [2.45, 2.75) is 20.0 Å². The predicted molar refractivity (Wildman–Crippen MR) is 66.3 cm³/mol. The Bertz CT molecular complexity index is 431. The van der Waals surface area contributed by atoms with Crippen LogP contribution in [0.2, 0.25) is 0 Å². The highest BCUT2D eigenvalue weighted by Gasteiger charge is 2.03. The summed E-state index contributed by atoms with van der Waals surface area (Å²) in [6.45, 7) is 5.10. The number of imidazole rings is 1. The van der Waals surface area contributed by atoms with Crippen LogP contribution in [0.25, 0.3) is 0 Å². The standard InChI is InChI=1S/C12H19N5/c1-11(8-17-4-3-13-10-17)5-14-6-12-7-15-16(2)9-12/h3-4,7,9-11,14H,5-6,8H2,1-2H3. The SMILES string of the molecule is CC(CNCc1cnn(C)c1)Cn1ccnc1. The van der Waals surface area contributed by atoms with Crippen molar-refractivity contribution < 1.29 is 0 Å². The minimum Gasteiger partial charge on any atom is -0.337 e. The second-order valence-electron chi connectivity index (χ2n) is 4.52. The van der Waals surface area contributed by atoms with E-state index in [2.05, 4.69) is 26.9 Å². The summed E-state index contributed by atoms with van der Waals surface area (Å²) in [5.74, 6) is 0.584. The summed E-state index contributed by atoms with van der Waals surface area (Å²) in [5, 5.41) is 7.58. The number of hydrogen-bond acceptors (Lipinski definition) is 3. The molecule has 0 saturated carbocycles. The van der Waals surface area contributed by atoms with E-state index >= 15 is 0 Å². The molecule has 5 nitrogen and oxygen atoms in total. The summed E-state index contributed by atoms with van der Waals surface area (Å²) >= 11 is 0. The normalized spacial score (nSPS) is 12.8. The number of nitrogens with one attached hydrogen (secondary N) is 1. The summed E-state index contributed by atoms with van der Waals surface area (Å²) in [4.78, 5) is 4.04. The molecule has 2 aromatic heterocycles. The van der Waals surface area contributed by atoms with Crippen molar-refractivity contribution in [2.24, 2.45) is 13.0 Å². The van der Waals surface area contributed by atoms with Crippen LogP contribution in [0, 0.1) is 5.92 Å². The molecule has 2 rings (SSSR count). The third-order valence-electron chi connectivity index (χ3n) is 2.66. The molecule has 5 heteroatoms. The van der Waals surface area contributed by atoms with E-state index in [1.54, 1.807) is 0 Å². The topological polar surface area (TPSA) is 47.7 Å². The highest BCUT2D eigenvalue weighted by molar-refractivity contribution is 5.02. The summed E-state index contributed by atoms with van der Waals surface area (Å²) in [5.41, 5.74) is 1.22. The molecule has 1 unspecified atom stereocenters. The number of aromatic nitrogens is 4. The monoisotopic (exact) mass is 233 g/mol. The first-order valence-electron chi connectivity index (χ1n) is 5.88. The van der Waals surface area contributed by atoms with Gasteiger partial charge in [0.2, 0.25) is 0 Å². The van der Waals surface area contributed by atoms with E-state index in [9.17, 15) is 0 Å². The molecular weight excluding hydrogens is 214 g/mol. The molecule has 0 radical (unpaired) electrons. The van der Waals surface area contributed by atoms with Gasteiger partial charge in [0.05, 0.1) is 12.5 Å². The molecule has 0 fully saturated rings. The molecule has 1 atom stereocenters. The Hall–Kier alpha value is -1.62. The lowest BCUT2D eigenvalue weighted by Crippen LogP contribution is -2.23. The first-order chi connectivity index (χ1) is 8.24. The maximum atomic E-state index is 4.14. The van der Waals surface area contributed by atoms with E-state index in [4.69, 9.17) is 0 Å². The second kappa shape index (κ2) is 5.63. The Kier molecular flexibility index (Phi) is 3.93. The fourth-order valence-corrected chi connectivity index (χ4v) is 1.85. The lowest BCUT2D eigenvalue weighted by Gasteiger charge is -2.12. The average Bonchev–Trinajstić information content (AvgIpc) is 2.90. The van der Waals surface area contributed by atoms with Crippen molar-refractivity contribution in [3.63, 3.8) is 0 Å². The first kappa shape index (κ1) is 11.9. The Morgan fingerprint density at radius 2 is 2.35 bits per heavy atom. The van der Waals surface area contributed by atoms with Gasteiger partial charge in [-0.3, -0.25) is 4.68 Å². The zero-order chi connectivity index (χ0) is 12.1. The summed E-state index contributed by atoms with van der Waals surface area (Å²) in [7, 11) is 1.94. The van der Waals surface area contributed by atoms with Crippen LogP contribution in [-0.4, -0.2) is 25.9 Å². The van der Waals surface area contributed by atoms with Gasteiger partial charge in [-0.15, -0.1) is 0 Å². The van der Waals surface area contributed by atoms with Gasteiger partial charge < -0.3 is 9.88 Å². The van der Waals surface area contributed by atoms with Gasteiger partial charge in [0.25, 0.3) is 0 Å². The molecule has 1 N–H and O–H groups in total. The Morgan fingerprint density at radius 3 is 3.00 bits per heavy atom. The van der Waals surface area contributed by atoms with Gasteiger partial charge in [0, 0.05) is 44.3 Å². The van der Waals surface area contributed by atoms with Crippen LogP contribution in [0.3, 0.4) is 0 Å². The van der Waals surface area contributed by atoms with Crippen molar-refractivity contribution in [1.82, 2.24) is 24.6 Å². The molecule has 0 aliphatic carbocycles. The van der Waals surface area contributed by atoms with E-state index in [-0.39, 0.29) is 0 Å². The quantitative estimate of drug-likeness (QED) is 0.811. The summed E-state index contributed by atoms with van der Waals surface area (Å²) in [6.07, 6.45) is 9.60. The minimum absolute atomic E-state index is 0.584. The van der Waals surface area contributed by atoms with Crippen LogP contribution in [0.4, 0.5) is 0 Å². The van der Waals surface area contributed by atoms with Gasteiger partial charge >= 0.3 is 0 Å². The fourth-order valence-electron chi connectivity index (χ4n) is 1.85. The molecule has 0 bridgehead atoms. The highest BCUT2D eigenvalue weighted by atomic mass is 15.2. The molecule has 0 saturated heterocycles. The number of hydrogen-bond donors (Lipinski definition) is 1. The molecule has 17 heavy (non-hydrogen) atoms. The number of aryl methyl sites for hydroxylation is 1. The third-order valence-corrected chi connectivity index (χ3v) is 2.66. The Morgan fingerprint density at radius 1 is 1.47 bits per heavy atom. The van der Waals surface area contributed by atoms with Crippen LogP contribution in [0.15, 0.2) is 31.1 Å². The van der Waals surface area contributed by atoms with Gasteiger partial charge in [-0.25, -0.2) is 4.98 Å². The Labute approximate surface area is 101 Å². The molecule has 0 amide bonds. The van der Waals surface area contributed by atoms with Crippen LogP contribution in [0.5, 0.6) is 0 Å². The van der Waals surface area contributed by atoms with Crippen molar-refractivity contribution in [3.05, 3.63) is 36.7 Å². The van der Waals surface area contributed by atoms with Gasteiger partial charge in [-0.2, -0.15) is 5.10 Å². The number of nitrogens with zero attached hydrogens (tertiary/aromatic N) is 4. The summed E-state index contributed by atoms with van der Waals surface area (Å²) in [6, 6.07) is 0. The van der Waals surface area contributed by atoms with Crippen molar-refractivity contribution >= 4 is 0 Å². The van der Waals surface area contributed by atoms with Crippen LogP contribution < -0.4 is 5.32 Å². The molecule has 0 aliphatic heterocycles. The molecular formula is C12H19N5. The van der Waals surface area contributed by atoms with Gasteiger partial charge in [-0.1, -0.05) is 6.92 Å². The van der Waals surface area contributed by atoms with E-state index in [1.807, 2.05) is 42.8 Å². The van der Waals surface area contributed by atoms with E-state index in [1.165, 1.54) is 5.56 Å². The summed E-state index contributed by atoms with van der Waals surface area (Å²) < 4.78 is 3.93. The predicted octanol–water partition coefficient (Wildman–Crippen LogP) is 1.04. The molecule has 92 valence electrons. The van der Waals surface area contributed by atoms with E-state index in [0.717, 1.165) is 19.6 Å². The average molecular weight is 233 g/mol. The van der Waals surface area contributed by atoms with Crippen molar-refractivity contribution in [2.75, 3.05) is 6.54 Å². The maximum Gasteiger partial charge on any atom is 0.0946 e. The van der Waals surface area contributed by atoms with E-state index in [0.29, 0.717) is 5.92 Å².